The van der Waals surface area contributed by atoms with Crippen LogP contribution in [-0.4, -0.2) is 36.6 Å². The van der Waals surface area contributed by atoms with Gasteiger partial charge in [-0.3, -0.25) is 9.00 Å². The van der Waals surface area contributed by atoms with Crippen molar-refractivity contribution >= 4 is 48.0 Å². The predicted octanol–water partition coefficient (Wildman–Crippen LogP) is 1.90. The van der Waals surface area contributed by atoms with Crippen molar-refractivity contribution < 1.29 is 21.8 Å². The van der Waals surface area contributed by atoms with Gasteiger partial charge in [-0.15, -0.1) is 0 Å². The Bertz CT molecular complexity index is 694. The highest BCUT2D eigenvalue weighted by atomic mass is 35.7. The number of rotatable bonds is 5. The van der Waals surface area contributed by atoms with Crippen molar-refractivity contribution in [3.63, 3.8) is 0 Å². The molecule has 0 aliphatic rings. The molecule has 0 radical (unpaired) electrons. The first-order valence-corrected chi connectivity index (χ1v) is 9.98. The highest BCUT2D eigenvalue weighted by Crippen LogP contribution is 2.27. The van der Waals surface area contributed by atoms with Crippen molar-refractivity contribution in [1.82, 2.24) is 5.32 Å². The van der Waals surface area contributed by atoms with Gasteiger partial charge in [0.1, 0.15) is 10.7 Å². The van der Waals surface area contributed by atoms with Crippen molar-refractivity contribution in [1.29, 1.82) is 0 Å². The zero-order valence-corrected chi connectivity index (χ0v) is 14.2. The molecule has 0 heterocycles. The van der Waals surface area contributed by atoms with E-state index < -0.39 is 53.1 Å². The molecule has 1 aromatic carbocycles. The van der Waals surface area contributed by atoms with Crippen LogP contribution in [0.1, 0.15) is 17.3 Å². The van der Waals surface area contributed by atoms with E-state index in [9.17, 15) is 21.8 Å². The Morgan fingerprint density at radius 2 is 2.05 bits per heavy atom. The molecule has 0 aliphatic carbocycles. The van der Waals surface area contributed by atoms with E-state index in [1.165, 1.54) is 6.26 Å². The van der Waals surface area contributed by atoms with E-state index in [-0.39, 0.29) is 5.75 Å². The quantitative estimate of drug-likeness (QED) is 0.796. The van der Waals surface area contributed by atoms with E-state index in [1.807, 2.05) is 0 Å². The van der Waals surface area contributed by atoms with Gasteiger partial charge >= 0.3 is 0 Å². The van der Waals surface area contributed by atoms with Crippen molar-refractivity contribution in [2.24, 2.45) is 0 Å². The van der Waals surface area contributed by atoms with Gasteiger partial charge in [0, 0.05) is 39.5 Å². The third kappa shape index (κ3) is 5.21. The zero-order valence-electron chi connectivity index (χ0n) is 11.0. The van der Waals surface area contributed by atoms with Gasteiger partial charge in [-0.1, -0.05) is 11.6 Å². The van der Waals surface area contributed by atoms with Gasteiger partial charge in [0.15, 0.2) is 0 Å². The molecule has 118 valence electrons. The maximum atomic E-state index is 13.7. The Morgan fingerprint density at radius 1 is 1.48 bits per heavy atom. The average molecular weight is 376 g/mol. The molecule has 2 atom stereocenters. The summed E-state index contributed by atoms with van der Waals surface area (Å²) in [6.45, 7) is 1.59. The first-order valence-electron chi connectivity index (χ1n) is 5.57. The van der Waals surface area contributed by atoms with Crippen LogP contribution in [0.15, 0.2) is 17.0 Å². The normalized spacial score (nSPS) is 14.5. The number of halogens is 3. The second-order valence-electron chi connectivity index (χ2n) is 4.31. The van der Waals surface area contributed by atoms with Gasteiger partial charge in [0.2, 0.25) is 0 Å². The highest BCUT2D eigenvalue weighted by Gasteiger charge is 2.22. The SMILES string of the molecule is CC(CS(C)=O)NC(=O)c1cc(S(=O)(=O)Cl)c(Cl)cc1F. The van der Waals surface area contributed by atoms with Crippen LogP contribution in [0.25, 0.3) is 0 Å². The third-order valence-electron chi connectivity index (χ3n) is 2.39. The minimum atomic E-state index is -4.21. The van der Waals surface area contributed by atoms with Crippen LogP contribution in [0.4, 0.5) is 4.39 Å². The molecule has 0 fully saturated rings. The molecule has 0 saturated carbocycles. The molecule has 0 spiro atoms. The molecular weight excluding hydrogens is 364 g/mol. The Hall–Kier alpha value is -0.700. The molecule has 21 heavy (non-hydrogen) atoms. The minimum absolute atomic E-state index is 0.182. The largest absolute Gasteiger partial charge is 0.349 e. The smallest absolute Gasteiger partial charge is 0.262 e. The molecule has 0 aliphatic heterocycles. The van der Waals surface area contributed by atoms with Crippen molar-refractivity contribution in [2.75, 3.05) is 12.0 Å². The van der Waals surface area contributed by atoms with Crippen LogP contribution in [0.3, 0.4) is 0 Å². The number of amides is 1. The summed E-state index contributed by atoms with van der Waals surface area (Å²) in [7, 11) is -0.190. The Balaban J connectivity index is 3.13. The minimum Gasteiger partial charge on any atom is -0.349 e. The number of carbonyl (C=O) groups excluding carboxylic acids is 1. The number of nitrogens with one attached hydrogen (secondary N) is 1. The van der Waals surface area contributed by atoms with Crippen LogP contribution in [-0.2, 0) is 19.9 Å². The van der Waals surface area contributed by atoms with Crippen LogP contribution in [0, 0.1) is 5.82 Å². The van der Waals surface area contributed by atoms with E-state index in [1.54, 1.807) is 6.92 Å². The monoisotopic (exact) mass is 375 g/mol. The second-order valence-corrected chi connectivity index (χ2v) is 8.74. The molecule has 1 amide bonds. The highest BCUT2D eigenvalue weighted by molar-refractivity contribution is 8.13. The summed E-state index contributed by atoms with van der Waals surface area (Å²) in [6, 6.07) is 0.994. The van der Waals surface area contributed by atoms with Gasteiger partial charge in [0.05, 0.1) is 10.6 Å². The molecule has 0 bridgehead atoms. The van der Waals surface area contributed by atoms with Crippen molar-refractivity contribution in [2.45, 2.75) is 17.9 Å². The standard InChI is InChI=1S/C11H12Cl2FNO4S2/c1-6(5-20(2)17)15-11(16)7-3-10(21(13,18)19)8(12)4-9(7)14/h3-4,6H,5H2,1-2H3,(H,15,16). The summed E-state index contributed by atoms with van der Waals surface area (Å²) in [6.07, 6.45) is 1.46. The van der Waals surface area contributed by atoms with Crippen LogP contribution < -0.4 is 5.32 Å². The van der Waals surface area contributed by atoms with E-state index in [0.29, 0.717) is 6.07 Å². The fourth-order valence-corrected chi connectivity index (χ4v) is 3.88. The summed E-state index contributed by atoms with van der Waals surface area (Å²) in [4.78, 5) is 11.4. The van der Waals surface area contributed by atoms with Gasteiger partial charge in [-0.2, -0.15) is 0 Å². The number of hydrogen-bond acceptors (Lipinski definition) is 4. The summed E-state index contributed by atoms with van der Waals surface area (Å²) < 4.78 is 47.4. The number of carbonyl (C=O) groups is 1. The first-order chi connectivity index (χ1) is 9.52. The Labute approximate surface area is 133 Å². The summed E-state index contributed by atoms with van der Waals surface area (Å²) >= 11 is 5.59. The molecule has 5 nitrogen and oxygen atoms in total. The maximum absolute atomic E-state index is 13.7. The molecular formula is C11H12Cl2FNO4S2. The predicted molar refractivity (Wildman–Crippen MR) is 80.3 cm³/mol. The lowest BCUT2D eigenvalue weighted by molar-refractivity contribution is 0.0939. The molecule has 1 aromatic rings. The van der Waals surface area contributed by atoms with Crippen LogP contribution in [0.2, 0.25) is 5.02 Å². The van der Waals surface area contributed by atoms with Crippen LogP contribution in [0.5, 0.6) is 0 Å². The van der Waals surface area contributed by atoms with Gasteiger partial charge in [-0.25, -0.2) is 12.8 Å². The topological polar surface area (TPSA) is 80.3 Å². The van der Waals surface area contributed by atoms with Crippen molar-refractivity contribution in [3.05, 3.63) is 28.5 Å². The Morgan fingerprint density at radius 3 is 2.52 bits per heavy atom. The fraction of sp³-hybridized carbons (Fsp3) is 0.364. The summed E-state index contributed by atoms with van der Waals surface area (Å²) in [5.41, 5.74) is -0.507. The Kier molecular flexibility index (Phi) is 6.15. The zero-order chi connectivity index (χ0) is 16.4. The van der Waals surface area contributed by atoms with E-state index in [0.717, 1.165) is 6.07 Å². The molecule has 0 saturated heterocycles. The number of benzene rings is 1. The second kappa shape index (κ2) is 7.04. The van der Waals surface area contributed by atoms with Gasteiger partial charge < -0.3 is 5.32 Å². The fourth-order valence-electron chi connectivity index (χ4n) is 1.59. The maximum Gasteiger partial charge on any atom is 0.262 e. The molecule has 2 unspecified atom stereocenters. The van der Waals surface area contributed by atoms with Crippen molar-refractivity contribution in [3.8, 4) is 0 Å². The lowest BCUT2D eigenvalue weighted by Crippen LogP contribution is -2.36. The lowest BCUT2D eigenvalue weighted by atomic mass is 10.2. The third-order valence-corrected chi connectivity index (χ3v) is 5.15. The number of hydrogen-bond donors (Lipinski definition) is 1. The molecule has 1 rings (SSSR count). The average Bonchev–Trinajstić information content (AvgIpc) is 2.24. The molecule has 0 aromatic heterocycles. The van der Waals surface area contributed by atoms with Gasteiger partial charge in [-0.05, 0) is 19.1 Å². The summed E-state index contributed by atoms with van der Waals surface area (Å²) in [5.74, 6) is -1.64. The van der Waals surface area contributed by atoms with Gasteiger partial charge in [0.25, 0.3) is 15.0 Å². The van der Waals surface area contributed by atoms with E-state index in [2.05, 4.69) is 5.32 Å². The lowest BCUT2D eigenvalue weighted by Gasteiger charge is -2.13. The molecule has 1 N–H and O–H groups in total. The first kappa shape index (κ1) is 18.3. The van der Waals surface area contributed by atoms with E-state index >= 15 is 0 Å². The van der Waals surface area contributed by atoms with Crippen LogP contribution >= 0.6 is 22.3 Å². The van der Waals surface area contributed by atoms with E-state index in [4.69, 9.17) is 22.3 Å². The summed E-state index contributed by atoms with van der Waals surface area (Å²) in [5, 5.41) is 2.00. The molecule has 10 heteroatoms.